The summed E-state index contributed by atoms with van der Waals surface area (Å²) in [6, 6.07) is 5.01. The van der Waals surface area contributed by atoms with E-state index in [1.807, 2.05) is 13.0 Å². The van der Waals surface area contributed by atoms with Crippen molar-refractivity contribution in [1.29, 1.82) is 0 Å². The Kier molecular flexibility index (Phi) is 5.59. The summed E-state index contributed by atoms with van der Waals surface area (Å²) < 4.78 is 26.2. The Morgan fingerprint density at radius 3 is 2.57 bits per heavy atom. The molecule has 0 atom stereocenters. The van der Waals surface area contributed by atoms with Crippen LogP contribution < -0.4 is 5.56 Å². The zero-order valence-electron chi connectivity index (χ0n) is 13.6. The molecule has 1 aromatic rings. The standard InChI is InChI=1S/C15H23N3O4S/c1-13-5-3-6-15(20)18(13)10-7-14(19)16-8-4-9-17(12-11-16)23(2,21)22/h3,5-6H,4,7-12H2,1-2H3. The predicted octanol–water partition coefficient (Wildman–Crippen LogP) is 0.0407. The highest BCUT2D eigenvalue weighted by molar-refractivity contribution is 7.88. The molecule has 1 aliphatic rings. The molecule has 23 heavy (non-hydrogen) atoms. The molecule has 128 valence electrons. The molecule has 0 bridgehead atoms. The van der Waals surface area contributed by atoms with Gasteiger partial charge in [0.1, 0.15) is 0 Å². The molecule has 0 aliphatic carbocycles. The number of hydrogen-bond acceptors (Lipinski definition) is 4. The third kappa shape index (κ3) is 4.65. The van der Waals surface area contributed by atoms with Crippen LogP contribution in [0.2, 0.25) is 0 Å². The zero-order valence-corrected chi connectivity index (χ0v) is 14.4. The highest BCUT2D eigenvalue weighted by Gasteiger charge is 2.23. The maximum absolute atomic E-state index is 12.3. The monoisotopic (exact) mass is 341 g/mol. The third-order valence-corrected chi connectivity index (χ3v) is 5.40. The van der Waals surface area contributed by atoms with Crippen molar-refractivity contribution < 1.29 is 13.2 Å². The summed E-state index contributed by atoms with van der Waals surface area (Å²) in [5.74, 6) is -0.0458. The molecule has 0 N–H and O–H groups in total. The van der Waals surface area contributed by atoms with E-state index in [0.29, 0.717) is 39.1 Å². The molecule has 2 heterocycles. The molecule has 7 nitrogen and oxygen atoms in total. The molecule has 0 spiro atoms. The van der Waals surface area contributed by atoms with E-state index in [2.05, 4.69) is 0 Å². The van der Waals surface area contributed by atoms with Crippen LogP contribution >= 0.6 is 0 Å². The summed E-state index contributed by atoms with van der Waals surface area (Å²) in [5.41, 5.74) is 0.710. The second-order valence-electron chi connectivity index (χ2n) is 5.80. The lowest BCUT2D eigenvalue weighted by Crippen LogP contribution is -2.37. The van der Waals surface area contributed by atoms with Crippen LogP contribution in [0.5, 0.6) is 0 Å². The second kappa shape index (κ2) is 7.27. The molecular formula is C15H23N3O4S. The maximum atomic E-state index is 12.3. The van der Waals surface area contributed by atoms with Crippen LogP contribution in [0, 0.1) is 6.92 Å². The number of hydrogen-bond donors (Lipinski definition) is 0. The molecule has 1 amide bonds. The van der Waals surface area contributed by atoms with Crippen molar-refractivity contribution in [2.45, 2.75) is 26.3 Å². The quantitative estimate of drug-likeness (QED) is 0.774. The lowest BCUT2D eigenvalue weighted by atomic mass is 10.3. The fourth-order valence-corrected chi connectivity index (χ4v) is 3.62. The summed E-state index contributed by atoms with van der Waals surface area (Å²) >= 11 is 0. The van der Waals surface area contributed by atoms with Crippen LogP contribution in [0.4, 0.5) is 0 Å². The minimum Gasteiger partial charge on any atom is -0.341 e. The molecule has 0 unspecified atom stereocenters. The van der Waals surface area contributed by atoms with Crippen molar-refractivity contribution >= 4 is 15.9 Å². The maximum Gasteiger partial charge on any atom is 0.250 e. The lowest BCUT2D eigenvalue weighted by Gasteiger charge is -2.21. The number of aromatic nitrogens is 1. The number of amides is 1. The van der Waals surface area contributed by atoms with Gasteiger partial charge in [0, 0.05) is 50.9 Å². The number of aryl methyl sites for hydroxylation is 1. The summed E-state index contributed by atoms with van der Waals surface area (Å²) in [4.78, 5) is 25.8. The van der Waals surface area contributed by atoms with Crippen molar-refractivity contribution in [1.82, 2.24) is 13.8 Å². The van der Waals surface area contributed by atoms with Crippen LogP contribution in [-0.2, 0) is 21.4 Å². The first-order valence-corrected chi connectivity index (χ1v) is 9.53. The van der Waals surface area contributed by atoms with Crippen molar-refractivity contribution in [3.05, 3.63) is 34.2 Å². The van der Waals surface area contributed by atoms with E-state index in [1.54, 1.807) is 15.5 Å². The molecule has 0 saturated carbocycles. The van der Waals surface area contributed by atoms with Crippen molar-refractivity contribution in [3.8, 4) is 0 Å². The second-order valence-corrected chi connectivity index (χ2v) is 7.79. The van der Waals surface area contributed by atoms with Crippen molar-refractivity contribution in [3.63, 3.8) is 0 Å². The molecule has 1 aromatic heterocycles. The van der Waals surface area contributed by atoms with Gasteiger partial charge < -0.3 is 9.47 Å². The predicted molar refractivity (Wildman–Crippen MR) is 87.7 cm³/mol. The molecule has 1 saturated heterocycles. The van der Waals surface area contributed by atoms with Gasteiger partial charge >= 0.3 is 0 Å². The van der Waals surface area contributed by atoms with Crippen LogP contribution in [0.15, 0.2) is 23.0 Å². The van der Waals surface area contributed by atoms with E-state index in [1.165, 1.54) is 16.6 Å². The molecule has 0 aromatic carbocycles. The Labute approximate surface area is 136 Å². The fraction of sp³-hybridized carbons (Fsp3) is 0.600. The zero-order chi connectivity index (χ0) is 17.0. The van der Waals surface area contributed by atoms with Gasteiger partial charge in [0.05, 0.1) is 6.26 Å². The van der Waals surface area contributed by atoms with E-state index < -0.39 is 10.0 Å². The molecule has 1 fully saturated rings. The minimum atomic E-state index is -3.21. The Morgan fingerprint density at radius 2 is 1.91 bits per heavy atom. The minimum absolute atomic E-state index is 0.0458. The first-order chi connectivity index (χ1) is 10.8. The smallest absolute Gasteiger partial charge is 0.250 e. The van der Waals surface area contributed by atoms with Gasteiger partial charge in [0.15, 0.2) is 0 Å². The summed E-state index contributed by atoms with van der Waals surface area (Å²) in [6.07, 6.45) is 2.06. The van der Waals surface area contributed by atoms with Crippen LogP contribution in [0.25, 0.3) is 0 Å². The van der Waals surface area contributed by atoms with Crippen molar-refractivity contribution in [2.75, 3.05) is 32.4 Å². The fourth-order valence-electron chi connectivity index (χ4n) is 2.75. The molecule has 1 aliphatic heterocycles. The molecule has 0 radical (unpaired) electrons. The average molecular weight is 341 g/mol. The number of pyridine rings is 1. The molecule has 2 rings (SSSR count). The van der Waals surface area contributed by atoms with Crippen LogP contribution in [0.1, 0.15) is 18.5 Å². The van der Waals surface area contributed by atoms with Crippen molar-refractivity contribution in [2.24, 2.45) is 0 Å². The van der Waals surface area contributed by atoms with Gasteiger partial charge in [-0.05, 0) is 19.4 Å². The lowest BCUT2D eigenvalue weighted by molar-refractivity contribution is -0.131. The van der Waals surface area contributed by atoms with E-state index >= 15 is 0 Å². The number of carbonyl (C=O) groups is 1. The van der Waals surface area contributed by atoms with Gasteiger partial charge in [-0.2, -0.15) is 0 Å². The van der Waals surface area contributed by atoms with E-state index in [-0.39, 0.29) is 17.9 Å². The molecule has 8 heteroatoms. The van der Waals surface area contributed by atoms with Gasteiger partial charge in [-0.25, -0.2) is 12.7 Å². The number of sulfonamides is 1. The first kappa shape index (κ1) is 17.7. The SMILES string of the molecule is Cc1cccc(=O)n1CCC(=O)N1CCCN(S(C)(=O)=O)CC1. The highest BCUT2D eigenvalue weighted by Crippen LogP contribution is 2.08. The van der Waals surface area contributed by atoms with Gasteiger partial charge in [0.2, 0.25) is 15.9 Å². The van der Waals surface area contributed by atoms with Gasteiger partial charge in [-0.3, -0.25) is 9.59 Å². The number of carbonyl (C=O) groups excluding carboxylic acids is 1. The third-order valence-electron chi connectivity index (χ3n) is 4.09. The first-order valence-electron chi connectivity index (χ1n) is 7.68. The Hall–Kier alpha value is -1.67. The van der Waals surface area contributed by atoms with Gasteiger partial charge in [0.25, 0.3) is 5.56 Å². The normalized spacial score (nSPS) is 17.0. The largest absolute Gasteiger partial charge is 0.341 e. The average Bonchev–Trinajstić information content (AvgIpc) is 2.72. The van der Waals surface area contributed by atoms with E-state index in [0.717, 1.165) is 5.69 Å². The van der Waals surface area contributed by atoms with Gasteiger partial charge in [-0.15, -0.1) is 0 Å². The number of nitrogens with zero attached hydrogens (tertiary/aromatic N) is 3. The Morgan fingerprint density at radius 1 is 1.17 bits per heavy atom. The summed E-state index contributed by atoms with van der Waals surface area (Å²) in [5, 5.41) is 0. The van der Waals surface area contributed by atoms with Crippen LogP contribution in [0.3, 0.4) is 0 Å². The van der Waals surface area contributed by atoms with E-state index in [4.69, 9.17) is 0 Å². The number of rotatable bonds is 4. The summed E-state index contributed by atoms with van der Waals surface area (Å²) in [6.45, 7) is 3.90. The Balaban J connectivity index is 1.95. The topological polar surface area (TPSA) is 79.7 Å². The highest BCUT2D eigenvalue weighted by atomic mass is 32.2. The summed E-state index contributed by atoms with van der Waals surface area (Å²) in [7, 11) is -3.21. The molecular weight excluding hydrogens is 318 g/mol. The van der Waals surface area contributed by atoms with Crippen LogP contribution in [-0.4, -0.2) is 60.5 Å². The van der Waals surface area contributed by atoms with Gasteiger partial charge in [-0.1, -0.05) is 6.07 Å². The van der Waals surface area contributed by atoms with E-state index in [9.17, 15) is 18.0 Å². The Bertz CT molecular complexity index is 726.